The quantitative estimate of drug-likeness (QED) is 0.267. The van der Waals surface area contributed by atoms with Gasteiger partial charge in [0.25, 0.3) is 0 Å². The maximum absolute atomic E-state index is 14.6. The van der Waals surface area contributed by atoms with Crippen LogP contribution in [0.5, 0.6) is 23.0 Å². The number of fused-ring (bicyclic) bond motifs is 1. The fraction of sp³-hybridized carbons (Fsp3) is 0.375. The summed E-state index contributed by atoms with van der Waals surface area (Å²) in [6.45, 7) is 4.35. The van der Waals surface area contributed by atoms with E-state index in [2.05, 4.69) is 21.7 Å². The minimum atomic E-state index is -0.821. The van der Waals surface area contributed by atoms with Gasteiger partial charge in [-0.3, -0.25) is 14.6 Å². The first-order valence-corrected chi connectivity index (χ1v) is 14.0. The van der Waals surface area contributed by atoms with Crippen molar-refractivity contribution in [3.63, 3.8) is 0 Å². The molecule has 2 atom stereocenters. The van der Waals surface area contributed by atoms with Crippen molar-refractivity contribution in [2.45, 2.75) is 32.0 Å². The van der Waals surface area contributed by atoms with E-state index in [0.717, 1.165) is 48.1 Å². The Morgan fingerprint density at radius 1 is 1.12 bits per heavy atom. The van der Waals surface area contributed by atoms with Crippen LogP contribution in [-0.4, -0.2) is 83.3 Å². The zero-order valence-electron chi connectivity index (χ0n) is 24.4. The summed E-state index contributed by atoms with van der Waals surface area (Å²) in [4.78, 5) is 8.53. The highest BCUT2D eigenvalue weighted by Crippen LogP contribution is 2.38. The number of aliphatic hydroxyl groups is 1. The maximum Gasteiger partial charge on any atom is 0.207 e. The van der Waals surface area contributed by atoms with Crippen LogP contribution in [0.25, 0.3) is 22.2 Å². The number of ether oxygens (including phenoxy) is 3. The predicted molar refractivity (Wildman–Crippen MR) is 159 cm³/mol. The van der Waals surface area contributed by atoms with E-state index in [1.54, 1.807) is 49.6 Å². The highest BCUT2D eigenvalue weighted by atomic mass is 19.1. The number of benzene rings is 2. The average Bonchev–Trinajstić information content (AvgIpc) is 3.39. The van der Waals surface area contributed by atoms with Gasteiger partial charge < -0.3 is 24.2 Å². The topological polar surface area (TPSA) is 85.1 Å². The van der Waals surface area contributed by atoms with Gasteiger partial charge >= 0.3 is 0 Å². The predicted octanol–water partition coefficient (Wildman–Crippen LogP) is 4.96. The normalized spacial score (nSPS) is 16.2. The number of aromatic nitrogens is 3. The van der Waals surface area contributed by atoms with Gasteiger partial charge in [-0.1, -0.05) is 12.0 Å². The molecular formula is C32H36FN5O4. The Bertz CT molecular complexity index is 1580. The van der Waals surface area contributed by atoms with Crippen LogP contribution in [0.4, 0.5) is 4.39 Å². The molecule has 4 aromatic rings. The van der Waals surface area contributed by atoms with Gasteiger partial charge in [-0.05, 0) is 70.3 Å². The Morgan fingerprint density at radius 3 is 2.64 bits per heavy atom. The zero-order chi connectivity index (χ0) is 29.6. The number of piperidine rings is 1. The van der Waals surface area contributed by atoms with Crippen molar-refractivity contribution in [3.8, 4) is 46.1 Å². The minimum absolute atomic E-state index is 0.000507. The molecule has 1 aliphatic rings. The fourth-order valence-electron chi connectivity index (χ4n) is 5.14. The molecule has 2 aromatic heterocycles. The van der Waals surface area contributed by atoms with Crippen LogP contribution in [0, 0.1) is 17.7 Å². The van der Waals surface area contributed by atoms with Crippen LogP contribution < -0.4 is 14.2 Å². The zero-order valence-corrected chi connectivity index (χ0v) is 24.4. The molecular weight excluding hydrogens is 537 g/mol. The molecule has 0 spiro atoms. The Balaban J connectivity index is 1.50. The molecule has 0 amide bonds. The van der Waals surface area contributed by atoms with Crippen LogP contribution in [0.1, 0.15) is 25.8 Å². The minimum Gasteiger partial charge on any atom is -0.494 e. The van der Waals surface area contributed by atoms with Crippen LogP contribution in [0.2, 0.25) is 0 Å². The van der Waals surface area contributed by atoms with Gasteiger partial charge in [-0.2, -0.15) is 9.49 Å². The smallest absolute Gasteiger partial charge is 0.207 e. The molecule has 0 bridgehead atoms. The van der Waals surface area contributed by atoms with Crippen molar-refractivity contribution >= 4 is 10.9 Å². The van der Waals surface area contributed by atoms with Crippen molar-refractivity contribution < 1.29 is 23.7 Å². The number of likely N-dealkylation sites (tertiary alicyclic amines) is 1. The van der Waals surface area contributed by atoms with Crippen LogP contribution in [0.3, 0.4) is 0 Å². The van der Waals surface area contributed by atoms with E-state index in [9.17, 15) is 9.50 Å². The lowest BCUT2D eigenvalue weighted by molar-refractivity contribution is 0.0189. The summed E-state index contributed by atoms with van der Waals surface area (Å²) in [7, 11) is 5.42. The summed E-state index contributed by atoms with van der Waals surface area (Å²) >= 11 is 0. The van der Waals surface area contributed by atoms with E-state index in [1.165, 1.54) is 7.11 Å². The van der Waals surface area contributed by atoms with Crippen molar-refractivity contribution in [1.29, 1.82) is 0 Å². The molecule has 5 rings (SSSR count). The molecule has 0 aliphatic carbocycles. The molecule has 9 nitrogen and oxygen atoms in total. The number of likely N-dealkylation sites (N-methyl/N-ethyl adjacent to an activating group) is 1. The third-order valence-corrected chi connectivity index (χ3v) is 7.27. The van der Waals surface area contributed by atoms with E-state index < -0.39 is 12.0 Å². The maximum atomic E-state index is 14.6. The molecule has 0 saturated carbocycles. The number of hydrogen-bond donors (Lipinski definition) is 1. The third-order valence-electron chi connectivity index (χ3n) is 7.27. The third kappa shape index (κ3) is 6.34. The SMILES string of the molecule is CC#CC(O)N1CCC[C@@H](n2nc(-c3ccc(Oc4cccc(OC)c4F)cc3)c3cncc(OCCN(C)C)c32)C1. The second-order valence-electron chi connectivity index (χ2n) is 10.4. The monoisotopic (exact) mass is 573 g/mol. The van der Waals surface area contributed by atoms with E-state index in [4.69, 9.17) is 19.3 Å². The summed E-state index contributed by atoms with van der Waals surface area (Å²) in [5, 5.41) is 16.5. The van der Waals surface area contributed by atoms with Crippen LogP contribution in [0.15, 0.2) is 54.9 Å². The molecule has 1 fully saturated rings. The largest absolute Gasteiger partial charge is 0.494 e. The first kappa shape index (κ1) is 29.3. The molecule has 10 heteroatoms. The van der Waals surface area contributed by atoms with Crippen molar-refractivity contribution in [2.75, 3.05) is 47.4 Å². The highest BCUT2D eigenvalue weighted by molar-refractivity contribution is 5.96. The Hall–Kier alpha value is -4.17. The lowest BCUT2D eigenvalue weighted by Crippen LogP contribution is -2.42. The van der Waals surface area contributed by atoms with Gasteiger partial charge in [-0.25, -0.2) is 0 Å². The number of methoxy groups -OCH3 is 1. The van der Waals surface area contributed by atoms with Gasteiger partial charge in [0.1, 0.15) is 23.6 Å². The van der Waals surface area contributed by atoms with Gasteiger partial charge in [0.15, 0.2) is 23.5 Å². The number of hydrogen-bond acceptors (Lipinski definition) is 8. The molecule has 1 saturated heterocycles. The Kier molecular flexibility index (Phi) is 9.22. The van der Waals surface area contributed by atoms with Crippen molar-refractivity contribution in [2.24, 2.45) is 0 Å². The molecule has 220 valence electrons. The van der Waals surface area contributed by atoms with Gasteiger partial charge in [0.2, 0.25) is 5.82 Å². The first-order chi connectivity index (χ1) is 20.4. The molecule has 1 N–H and O–H groups in total. The Labute approximate surface area is 245 Å². The van der Waals surface area contributed by atoms with E-state index in [1.807, 2.05) is 35.8 Å². The summed E-state index contributed by atoms with van der Waals surface area (Å²) in [6, 6.07) is 12.1. The lowest BCUT2D eigenvalue weighted by Gasteiger charge is -2.34. The fourth-order valence-corrected chi connectivity index (χ4v) is 5.14. The van der Waals surface area contributed by atoms with Gasteiger partial charge in [0, 0.05) is 31.4 Å². The second-order valence-corrected chi connectivity index (χ2v) is 10.4. The number of rotatable bonds is 10. The number of pyridine rings is 1. The van der Waals surface area contributed by atoms with E-state index in [0.29, 0.717) is 24.7 Å². The molecule has 1 aliphatic heterocycles. The lowest BCUT2D eigenvalue weighted by atomic mass is 10.1. The number of aliphatic hydroxyl groups excluding tert-OH is 1. The first-order valence-electron chi connectivity index (χ1n) is 14.0. The Morgan fingerprint density at radius 2 is 1.90 bits per heavy atom. The summed E-state index contributed by atoms with van der Waals surface area (Å²) in [5.41, 5.74) is 2.47. The molecule has 1 unspecified atom stereocenters. The van der Waals surface area contributed by atoms with Gasteiger partial charge in [0.05, 0.1) is 24.7 Å². The number of nitrogens with zero attached hydrogens (tertiary/aromatic N) is 5. The van der Waals surface area contributed by atoms with Crippen LogP contribution in [-0.2, 0) is 0 Å². The highest BCUT2D eigenvalue weighted by Gasteiger charge is 2.29. The van der Waals surface area contributed by atoms with Crippen molar-refractivity contribution in [1.82, 2.24) is 24.6 Å². The number of halogens is 1. The standard InChI is InChI=1S/C32H36FN5O4/c1-5-8-29(39)37-16-7-9-23(21-37)38-32-25(19-34-20-28(32)41-18-17-36(2)3)31(35-38)22-12-14-24(15-13-22)42-27-11-6-10-26(40-4)30(27)33/h6,10-15,19-20,23,29,39H,7,9,16-18,21H2,1-4H3/t23-,29?/m1/s1. The molecule has 0 radical (unpaired) electrons. The summed E-state index contributed by atoms with van der Waals surface area (Å²) in [5.74, 6) is 6.45. The van der Waals surface area contributed by atoms with Gasteiger partial charge in [-0.15, -0.1) is 5.92 Å². The van der Waals surface area contributed by atoms with Crippen molar-refractivity contribution in [3.05, 3.63) is 60.7 Å². The summed E-state index contributed by atoms with van der Waals surface area (Å²) in [6.07, 6.45) is 4.52. The van der Waals surface area contributed by atoms with E-state index in [-0.39, 0.29) is 17.5 Å². The average molecular weight is 574 g/mol. The second kappa shape index (κ2) is 13.2. The molecule has 3 heterocycles. The van der Waals surface area contributed by atoms with Crippen LogP contribution >= 0.6 is 0 Å². The summed E-state index contributed by atoms with van der Waals surface area (Å²) < 4.78 is 33.8. The molecule has 2 aromatic carbocycles. The molecule has 42 heavy (non-hydrogen) atoms. The van der Waals surface area contributed by atoms with E-state index >= 15 is 0 Å².